The number of anilines is 2. The number of piperidine rings is 1. The van der Waals surface area contributed by atoms with Crippen molar-refractivity contribution in [2.24, 2.45) is 0 Å². The maximum atomic E-state index is 13.4. The molecule has 0 spiro atoms. The number of hydrogen-bond acceptors (Lipinski definition) is 6. The van der Waals surface area contributed by atoms with Gasteiger partial charge in [-0.1, -0.05) is 11.6 Å². The van der Waals surface area contributed by atoms with E-state index in [0.29, 0.717) is 28.9 Å². The lowest BCUT2D eigenvalue weighted by molar-refractivity contribution is 0.0607. The fourth-order valence-electron chi connectivity index (χ4n) is 4.98. The van der Waals surface area contributed by atoms with E-state index >= 15 is 0 Å². The van der Waals surface area contributed by atoms with Crippen molar-refractivity contribution in [2.45, 2.75) is 45.2 Å². The van der Waals surface area contributed by atoms with E-state index in [1.54, 1.807) is 18.2 Å². The van der Waals surface area contributed by atoms with E-state index in [4.69, 9.17) is 27.4 Å². The summed E-state index contributed by atoms with van der Waals surface area (Å²) in [6.45, 7) is 7.74. The normalized spacial score (nSPS) is 21.5. The van der Waals surface area contributed by atoms with E-state index in [2.05, 4.69) is 24.1 Å². The molecule has 33 heavy (non-hydrogen) atoms. The molecule has 2 fully saturated rings. The molecule has 0 radical (unpaired) electrons. The zero-order valence-electron chi connectivity index (χ0n) is 19.1. The Balaban J connectivity index is 1.47. The van der Waals surface area contributed by atoms with E-state index in [1.165, 1.54) is 0 Å². The van der Waals surface area contributed by atoms with Crippen molar-refractivity contribution in [2.75, 3.05) is 36.8 Å². The summed E-state index contributed by atoms with van der Waals surface area (Å²) in [5.74, 6) is 0.905. The highest BCUT2D eigenvalue weighted by atomic mass is 35.5. The molecule has 1 amide bonds. The average Bonchev–Trinajstić information content (AvgIpc) is 3.22. The number of piperazine rings is 1. The van der Waals surface area contributed by atoms with Gasteiger partial charge < -0.3 is 20.9 Å². The number of halogens is 1. The van der Waals surface area contributed by atoms with Gasteiger partial charge in [0.25, 0.3) is 5.91 Å². The van der Waals surface area contributed by atoms with E-state index in [9.17, 15) is 4.79 Å². The second kappa shape index (κ2) is 8.83. The Labute approximate surface area is 198 Å². The summed E-state index contributed by atoms with van der Waals surface area (Å²) < 4.78 is 1.84. The predicted octanol–water partition coefficient (Wildman–Crippen LogP) is 3.44. The summed E-state index contributed by atoms with van der Waals surface area (Å²) in [4.78, 5) is 22.6. The summed E-state index contributed by atoms with van der Waals surface area (Å²) in [6, 6.07) is 7.37. The number of hydrogen-bond donors (Lipinski definition) is 2. The van der Waals surface area contributed by atoms with Crippen molar-refractivity contribution in [1.82, 2.24) is 24.8 Å². The number of carbonyl (C=O) groups is 1. The fourth-order valence-corrected chi connectivity index (χ4v) is 5.15. The summed E-state index contributed by atoms with van der Waals surface area (Å²) in [5, 5.41) is 8.82. The molecule has 0 saturated carbocycles. The zero-order chi connectivity index (χ0) is 23.1. The van der Waals surface area contributed by atoms with Gasteiger partial charge in [-0.05, 0) is 51.3 Å². The molecule has 3 aromatic rings. The molecule has 9 heteroatoms. The molecule has 2 aliphatic rings. The number of fused-ring (bicyclic) bond motifs is 1. The van der Waals surface area contributed by atoms with Crippen molar-refractivity contribution in [3.8, 4) is 0 Å². The molecule has 0 unspecified atom stereocenters. The summed E-state index contributed by atoms with van der Waals surface area (Å²) in [5.41, 5.74) is 9.76. The van der Waals surface area contributed by atoms with Crippen LogP contribution < -0.4 is 16.0 Å². The quantitative estimate of drug-likeness (QED) is 0.573. The van der Waals surface area contributed by atoms with E-state index in [-0.39, 0.29) is 11.9 Å². The lowest BCUT2D eigenvalue weighted by atomic mass is 9.98. The molecular weight excluding hydrogens is 438 g/mol. The van der Waals surface area contributed by atoms with Crippen LogP contribution in [0.15, 0.2) is 30.5 Å². The molecular formula is C24H30ClN7O. The van der Waals surface area contributed by atoms with Crippen LogP contribution in [0.2, 0.25) is 5.02 Å². The molecule has 2 aromatic heterocycles. The van der Waals surface area contributed by atoms with Crippen LogP contribution in [-0.4, -0.2) is 57.6 Å². The first-order valence-corrected chi connectivity index (χ1v) is 12.0. The van der Waals surface area contributed by atoms with Crippen molar-refractivity contribution < 1.29 is 4.79 Å². The van der Waals surface area contributed by atoms with Crippen molar-refractivity contribution in [3.63, 3.8) is 0 Å². The minimum Gasteiger partial charge on any atom is -0.398 e. The molecule has 4 heterocycles. The van der Waals surface area contributed by atoms with Gasteiger partial charge in [-0.25, -0.2) is 9.50 Å². The molecule has 8 nitrogen and oxygen atoms in total. The number of likely N-dealkylation sites (tertiary alicyclic amines) is 1. The number of nitrogens with zero attached hydrogens (tertiary/aromatic N) is 5. The second-order valence-electron chi connectivity index (χ2n) is 9.16. The van der Waals surface area contributed by atoms with Crippen molar-refractivity contribution in [3.05, 3.63) is 52.3 Å². The number of nitrogens with two attached hydrogens (primary N) is 1. The third kappa shape index (κ3) is 4.25. The number of aryl methyl sites for hydroxylation is 1. The van der Waals surface area contributed by atoms with Crippen molar-refractivity contribution >= 4 is 34.7 Å². The van der Waals surface area contributed by atoms with E-state index < -0.39 is 0 Å². The number of nitrogens with one attached hydrogen (secondary N) is 1. The summed E-state index contributed by atoms with van der Waals surface area (Å²) >= 11 is 6.15. The number of rotatable bonds is 3. The van der Waals surface area contributed by atoms with Crippen LogP contribution in [0, 0.1) is 6.92 Å². The predicted molar refractivity (Wildman–Crippen MR) is 131 cm³/mol. The molecule has 2 aliphatic heterocycles. The lowest BCUT2D eigenvalue weighted by Crippen LogP contribution is -2.49. The van der Waals surface area contributed by atoms with Crippen LogP contribution in [0.4, 0.5) is 11.5 Å². The zero-order valence-corrected chi connectivity index (χ0v) is 19.8. The maximum absolute atomic E-state index is 13.4. The molecule has 3 N–H and O–H groups in total. The third-order valence-electron chi connectivity index (χ3n) is 6.64. The second-order valence-corrected chi connectivity index (χ2v) is 9.60. The van der Waals surface area contributed by atoms with Crippen LogP contribution in [0.25, 0.3) is 5.65 Å². The van der Waals surface area contributed by atoms with Gasteiger partial charge in [-0.3, -0.25) is 4.79 Å². The minimum absolute atomic E-state index is 0.101. The van der Waals surface area contributed by atoms with E-state index in [1.807, 2.05) is 21.7 Å². The minimum atomic E-state index is -0.116. The highest BCUT2D eigenvalue weighted by Gasteiger charge is 2.32. The molecule has 1 aromatic carbocycles. The largest absolute Gasteiger partial charge is 0.398 e. The van der Waals surface area contributed by atoms with Gasteiger partial charge in [0.2, 0.25) is 0 Å². The number of nitrogen functional groups attached to an aromatic ring is 1. The fraction of sp³-hybridized carbons (Fsp3) is 0.458. The highest BCUT2D eigenvalue weighted by Crippen LogP contribution is 2.33. The van der Waals surface area contributed by atoms with Gasteiger partial charge in [0.05, 0.1) is 17.3 Å². The molecule has 0 bridgehead atoms. The Hall–Kier alpha value is -2.84. The van der Waals surface area contributed by atoms with Gasteiger partial charge in [0, 0.05) is 60.8 Å². The molecule has 174 valence electrons. The Morgan fingerprint density at radius 1 is 1.24 bits per heavy atom. The van der Waals surface area contributed by atoms with Gasteiger partial charge in [0.1, 0.15) is 5.82 Å². The first-order chi connectivity index (χ1) is 15.9. The number of benzene rings is 1. The average molecular weight is 468 g/mol. The Bertz CT molecular complexity index is 1190. The SMILES string of the molecule is Cc1cn2nc([C@@H]3CCCCN3C(=O)c3cc(Cl)ccc3N)cc2nc1N1CCN[C@@H](C)C1. The number of amides is 1. The molecule has 0 aliphatic carbocycles. The Morgan fingerprint density at radius 2 is 2.09 bits per heavy atom. The Kier molecular flexibility index (Phi) is 5.88. The molecule has 2 atom stereocenters. The number of aromatic nitrogens is 3. The van der Waals surface area contributed by atoms with Crippen LogP contribution in [-0.2, 0) is 0 Å². The first-order valence-electron chi connectivity index (χ1n) is 11.6. The summed E-state index contributed by atoms with van der Waals surface area (Å²) in [6.07, 6.45) is 4.90. The van der Waals surface area contributed by atoms with Crippen LogP contribution in [0.1, 0.15) is 53.8 Å². The Morgan fingerprint density at radius 3 is 2.91 bits per heavy atom. The molecule has 2 saturated heterocycles. The standard InChI is InChI=1S/C24H30ClN7O/c1-15-13-32-22(28-23(15)30-10-8-27-16(2)14-30)12-20(29-32)21-5-3-4-9-31(21)24(33)18-11-17(25)6-7-19(18)26/h6-7,11-13,16,21,27H,3-5,8-10,14,26H2,1-2H3/t16-,21-/m0/s1. The van der Waals surface area contributed by atoms with Gasteiger partial charge in [-0.2, -0.15) is 5.10 Å². The van der Waals surface area contributed by atoms with E-state index in [0.717, 1.165) is 61.6 Å². The van der Waals surface area contributed by atoms with Crippen LogP contribution in [0.3, 0.4) is 0 Å². The summed E-state index contributed by atoms with van der Waals surface area (Å²) in [7, 11) is 0. The first kappa shape index (κ1) is 22.0. The maximum Gasteiger partial charge on any atom is 0.256 e. The van der Waals surface area contributed by atoms with Crippen LogP contribution in [0.5, 0.6) is 0 Å². The number of carbonyl (C=O) groups excluding carboxylic acids is 1. The molecule has 5 rings (SSSR count). The third-order valence-corrected chi connectivity index (χ3v) is 6.88. The van der Waals surface area contributed by atoms with Gasteiger partial charge in [0.15, 0.2) is 5.65 Å². The lowest BCUT2D eigenvalue weighted by Gasteiger charge is -2.35. The van der Waals surface area contributed by atoms with Crippen molar-refractivity contribution in [1.29, 1.82) is 0 Å². The topological polar surface area (TPSA) is 91.8 Å². The highest BCUT2D eigenvalue weighted by molar-refractivity contribution is 6.31. The monoisotopic (exact) mass is 467 g/mol. The van der Waals surface area contributed by atoms with Gasteiger partial charge in [-0.15, -0.1) is 0 Å². The van der Waals surface area contributed by atoms with Gasteiger partial charge >= 0.3 is 0 Å². The smallest absolute Gasteiger partial charge is 0.256 e. The van der Waals surface area contributed by atoms with Crippen LogP contribution >= 0.6 is 11.6 Å².